The maximum absolute atomic E-state index is 14.2. The third kappa shape index (κ3) is 13.0. The summed E-state index contributed by atoms with van der Waals surface area (Å²) in [6.07, 6.45) is -3.31. The number of benzene rings is 3. The van der Waals surface area contributed by atoms with Crippen LogP contribution in [0.25, 0.3) is 22.0 Å². The highest BCUT2D eigenvalue weighted by atomic mass is 28.4. The van der Waals surface area contributed by atoms with Crippen LogP contribution in [0.1, 0.15) is 77.1 Å². The van der Waals surface area contributed by atoms with Crippen molar-refractivity contribution < 1.29 is 42.7 Å². The second kappa shape index (κ2) is 21.7. The van der Waals surface area contributed by atoms with Crippen molar-refractivity contribution in [1.82, 2.24) is 30.5 Å². The molecule has 5 rings (SSSR count). The van der Waals surface area contributed by atoms with Crippen molar-refractivity contribution in [1.29, 1.82) is 0 Å². The summed E-state index contributed by atoms with van der Waals surface area (Å²) in [6.45, 7) is 21.0. The molecule has 4 amide bonds. The molecule has 4 N–H and O–H groups in total. The fraction of sp³-hybridized carbons (Fsp3) is 0.500. The first-order valence-corrected chi connectivity index (χ1v) is 28.9. The fourth-order valence-electron chi connectivity index (χ4n) is 7.51. The number of aryl methyl sites for hydroxylation is 1. The minimum atomic E-state index is -2.69. The molecule has 1 aliphatic carbocycles. The van der Waals surface area contributed by atoms with Crippen LogP contribution in [0.15, 0.2) is 78.9 Å². The topological polar surface area (TPSA) is 181 Å². The quantitative estimate of drug-likeness (QED) is 0.0365. The van der Waals surface area contributed by atoms with Gasteiger partial charge in [0.2, 0.25) is 5.91 Å². The number of hydrazine groups is 1. The number of carbonyl (C=O) groups excluding carboxylic acids is 4. The first-order chi connectivity index (χ1) is 31.3. The average Bonchev–Trinajstić information content (AvgIpc) is 3.77. The predicted octanol–water partition coefficient (Wildman–Crippen LogP) is 7.86. The third-order valence-electron chi connectivity index (χ3n) is 13.6. The van der Waals surface area contributed by atoms with Crippen molar-refractivity contribution >= 4 is 57.3 Å². The van der Waals surface area contributed by atoms with E-state index in [1.54, 1.807) is 12.1 Å². The molecule has 1 aliphatic rings. The van der Waals surface area contributed by atoms with Crippen LogP contribution in [0.5, 0.6) is 0 Å². The number of hydrogen-bond donors (Lipinski definition) is 4. The van der Waals surface area contributed by atoms with Gasteiger partial charge in [-0.2, -0.15) is 0 Å². The smallest absolute Gasteiger partial charge is 0.424 e. The van der Waals surface area contributed by atoms with E-state index in [2.05, 4.69) is 50.8 Å². The normalized spacial score (nSPS) is 14.0. The molecule has 1 unspecified atom stereocenters. The largest absolute Gasteiger partial charge is 0.481 e. The SMILES string of the molecule is CN(Cc1cc2ccccc2n1CCC(=O)NCCNC(=O)[C@H](O[Si](C)(C)C(C)(C)C)C(O[Si](C)(C)C(C)(C)C)C(=O)NCCC(=O)O)N(C)C(=O)OCC1c2ccccc2-c2ccccc21. The zero-order chi connectivity index (χ0) is 49.5. The predicted molar refractivity (Wildman–Crippen MR) is 266 cm³/mol. The molecule has 2 atom stereocenters. The summed E-state index contributed by atoms with van der Waals surface area (Å²) in [5.74, 6) is -2.54. The molecule has 17 heteroatoms. The molecule has 0 aliphatic heterocycles. The molecule has 1 heterocycles. The molecule has 0 bridgehead atoms. The van der Waals surface area contributed by atoms with E-state index in [9.17, 15) is 29.1 Å². The van der Waals surface area contributed by atoms with Gasteiger partial charge in [-0.25, -0.2) is 14.8 Å². The van der Waals surface area contributed by atoms with Gasteiger partial charge < -0.3 is 39.2 Å². The van der Waals surface area contributed by atoms with Crippen LogP contribution in [-0.2, 0) is 45.9 Å². The number of carboxylic acid groups (broad SMARTS) is 1. The Hall–Kier alpha value is -5.34. The molecule has 0 radical (unpaired) electrons. The highest BCUT2D eigenvalue weighted by Gasteiger charge is 2.49. The van der Waals surface area contributed by atoms with Crippen LogP contribution in [0.2, 0.25) is 36.3 Å². The van der Waals surface area contributed by atoms with Crippen molar-refractivity contribution in [2.75, 3.05) is 40.3 Å². The second-order valence-electron chi connectivity index (χ2n) is 20.4. The van der Waals surface area contributed by atoms with Gasteiger partial charge in [0.05, 0.1) is 13.0 Å². The van der Waals surface area contributed by atoms with Gasteiger partial charge in [0.15, 0.2) is 28.8 Å². The van der Waals surface area contributed by atoms with E-state index in [1.165, 1.54) is 5.01 Å². The van der Waals surface area contributed by atoms with Gasteiger partial charge in [0, 0.05) is 63.8 Å². The first kappa shape index (κ1) is 52.6. The molecule has 0 spiro atoms. The molecular weight excluding hydrogens is 885 g/mol. The number of ether oxygens (including phenoxy) is 1. The number of aliphatic carboxylic acids is 1. The lowest BCUT2D eigenvalue weighted by Crippen LogP contribution is -2.60. The summed E-state index contributed by atoms with van der Waals surface area (Å²) in [5.41, 5.74) is 6.44. The zero-order valence-electron chi connectivity index (χ0n) is 41.4. The summed E-state index contributed by atoms with van der Waals surface area (Å²) in [4.78, 5) is 66.1. The summed E-state index contributed by atoms with van der Waals surface area (Å²) >= 11 is 0. The van der Waals surface area contributed by atoms with Crippen molar-refractivity contribution in [3.63, 3.8) is 0 Å². The van der Waals surface area contributed by atoms with Gasteiger partial charge in [0.25, 0.3) is 11.8 Å². The fourth-order valence-corrected chi connectivity index (χ4v) is 9.95. The van der Waals surface area contributed by atoms with Crippen LogP contribution < -0.4 is 16.0 Å². The number of nitrogens with zero attached hydrogens (tertiary/aromatic N) is 3. The first-order valence-electron chi connectivity index (χ1n) is 23.1. The summed E-state index contributed by atoms with van der Waals surface area (Å²) in [5, 5.41) is 21.3. The number of aromatic nitrogens is 1. The Morgan fingerprint density at radius 1 is 0.701 bits per heavy atom. The third-order valence-corrected chi connectivity index (χ3v) is 22.5. The van der Waals surface area contributed by atoms with Crippen molar-refractivity contribution in [2.24, 2.45) is 0 Å². The number of para-hydroxylation sites is 1. The van der Waals surface area contributed by atoms with E-state index in [-0.39, 0.29) is 61.0 Å². The zero-order valence-corrected chi connectivity index (χ0v) is 43.4. The van der Waals surface area contributed by atoms with Crippen LogP contribution in [-0.4, -0.2) is 119 Å². The highest BCUT2D eigenvalue weighted by molar-refractivity contribution is 6.75. The van der Waals surface area contributed by atoms with Gasteiger partial charge in [-0.3, -0.25) is 19.2 Å². The number of hydrogen-bond acceptors (Lipinski definition) is 9. The van der Waals surface area contributed by atoms with Crippen molar-refractivity contribution in [3.8, 4) is 11.1 Å². The van der Waals surface area contributed by atoms with E-state index in [4.69, 9.17) is 13.6 Å². The van der Waals surface area contributed by atoms with E-state index >= 15 is 0 Å². The number of carbonyl (C=O) groups is 5. The van der Waals surface area contributed by atoms with Crippen LogP contribution in [0.3, 0.4) is 0 Å². The molecule has 3 aromatic carbocycles. The lowest BCUT2D eigenvalue weighted by atomic mass is 9.98. The molecule has 0 saturated carbocycles. The van der Waals surface area contributed by atoms with Gasteiger partial charge in [-0.05, 0) is 76.0 Å². The minimum Gasteiger partial charge on any atom is -0.481 e. The Morgan fingerprint density at radius 3 is 1.73 bits per heavy atom. The van der Waals surface area contributed by atoms with E-state index < -0.39 is 52.7 Å². The Bertz CT molecular complexity index is 2360. The summed E-state index contributed by atoms with van der Waals surface area (Å²) < 4.78 is 21.3. The van der Waals surface area contributed by atoms with Gasteiger partial charge in [0.1, 0.15) is 6.61 Å². The maximum atomic E-state index is 14.2. The van der Waals surface area contributed by atoms with Crippen molar-refractivity contribution in [2.45, 2.75) is 122 Å². The number of amides is 4. The minimum absolute atomic E-state index is 0.0556. The molecule has 4 aromatic rings. The average molecular weight is 957 g/mol. The van der Waals surface area contributed by atoms with E-state index in [0.29, 0.717) is 13.1 Å². The molecule has 0 saturated heterocycles. The maximum Gasteiger partial charge on any atom is 0.424 e. The molecule has 1 aromatic heterocycles. The molecule has 0 fully saturated rings. The molecule has 364 valence electrons. The van der Waals surface area contributed by atoms with Crippen LogP contribution >= 0.6 is 0 Å². The Balaban J connectivity index is 1.21. The number of carboxylic acids is 1. The highest BCUT2D eigenvalue weighted by Crippen LogP contribution is 2.45. The van der Waals surface area contributed by atoms with Crippen LogP contribution in [0.4, 0.5) is 4.79 Å². The lowest BCUT2D eigenvalue weighted by Gasteiger charge is -2.44. The Morgan fingerprint density at radius 2 is 1.19 bits per heavy atom. The second-order valence-corrected chi connectivity index (χ2v) is 29.9. The lowest BCUT2D eigenvalue weighted by molar-refractivity contribution is -0.144. The van der Waals surface area contributed by atoms with E-state index in [0.717, 1.165) is 38.9 Å². The van der Waals surface area contributed by atoms with Gasteiger partial charge >= 0.3 is 12.1 Å². The number of rotatable bonds is 21. The number of nitrogens with one attached hydrogen (secondary N) is 3. The van der Waals surface area contributed by atoms with Gasteiger partial charge in [-0.15, -0.1) is 0 Å². The molecule has 67 heavy (non-hydrogen) atoms. The van der Waals surface area contributed by atoms with Crippen molar-refractivity contribution in [3.05, 3.63) is 95.7 Å². The van der Waals surface area contributed by atoms with Crippen LogP contribution in [0, 0.1) is 0 Å². The summed E-state index contributed by atoms with van der Waals surface area (Å²) in [6, 6.07) is 26.4. The molecule has 15 nitrogen and oxygen atoms in total. The summed E-state index contributed by atoms with van der Waals surface area (Å²) in [7, 11) is -1.87. The number of fused-ring (bicyclic) bond motifs is 4. The molecular formula is C50H72N6O9Si2. The van der Waals surface area contributed by atoms with Gasteiger partial charge in [-0.1, -0.05) is 108 Å². The van der Waals surface area contributed by atoms with E-state index in [1.807, 2.05) is 123 Å². The standard InChI is InChI=1S/C50H72N6O9Si2/c1-49(2,3)66(9,10)64-44(46(60)52-27-25-43(58)59)45(65-67(11,12)50(4,5)6)47(61)53-29-28-51-42(57)26-30-56-35(31-34-19-13-18-24-41(34)56)32-54(7)55(8)48(62)63-33-40-38-22-16-14-20-36(38)37-21-15-17-23-39(37)40/h13-24,31,40,44-45H,25-30,32-33H2,1-12H3,(H,51,57)(H,52,60)(H,53,61)(H,58,59)/t44?,45-/m1/s1. The Labute approximate surface area is 398 Å². The Kier molecular flexibility index (Phi) is 17.1. The monoisotopic (exact) mass is 956 g/mol.